The van der Waals surface area contributed by atoms with Crippen molar-refractivity contribution in [2.75, 3.05) is 0 Å². The monoisotopic (exact) mass is 276 g/mol. The number of rotatable bonds is 3. The maximum absolute atomic E-state index is 5.76. The minimum atomic E-state index is 0.845. The van der Waals surface area contributed by atoms with Gasteiger partial charge >= 0.3 is 0 Å². The lowest BCUT2D eigenvalue weighted by Crippen LogP contribution is -1.85. The molecular weight excluding hydrogens is 264 g/mol. The van der Waals surface area contributed by atoms with Crippen LogP contribution in [0.15, 0.2) is 48.5 Å². The standard InChI is InChI=1S/C14H13BrO/c1-11-5-7-13(8-6-11)16-14-4-2-3-12(9-14)10-15/h2-9H,10H2,1H3. The van der Waals surface area contributed by atoms with Crippen molar-refractivity contribution < 1.29 is 4.74 Å². The van der Waals surface area contributed by atoms with Crippen LogP contribution < -0.4 is 4.74 Å². The molecule has 16 heavy (non-hydrogen) atoms. The summed E-state index contributed by atoms with van der Waals surface area (Å²) in [4.78, 5) is 0. The van der Waals surface area contributed by atoms with Crippen molar-refractivity contribution in [2.45, 2.75) is 12.3 Å². The van der Waals surface area contributed by atoms with Gasteiger partial charge in [-0.3, -0.25) is 0 Å². The maximum atomic E-state index is 5.76. The molecule has 0 aliphatic carbocycles. The molecular formula is C14H13BrO. The molecule has 2 heteroatoms. The van der Waals surface area contributed by atoms with Gasteiger partial charge in [-0.1, -0.05) is 45.8 Å². The maximum Gasteiger partial charge on any atom is 0.127 e. The predicted octanol–water partition coefficient (Wildman–Crippen LogP) is 4.68. The van der Waals surface area contributed by atoms with Crippen LogP contribution in [0, 0.1) is 6.92 Å². The Morgan fingerprint density at radius 1 is 1.00 bits per heavy atom. The molecule has 2 aromatic rings. The topological polar surface area (TPSA) is 9.23 Å². The van der Waals surface area contributed by atoms with Crippen molar-refractivity contribution in [2.24, 2.45) is 0 Å². The van der Waals surface area contributed by atoms with Crippen molar-refractivity contribution in [1.29, 1.82) is 0 Å². The minimum absolute atomic E-state index is 0.845. The lowest BCUT2D eigenvalue weighted by molar-refractivity contribution is 0.482. The summed E-state index contributed by atoms with van der Waals surface area (Å²) in [5.74, 6) is 1.75. The van der Waals surface area contributed by atoms with Crippen molar-refractivity contribution >= 4 is 15.9 Å². The van der Waals surface area contributed by atoms with Gasteiger partial charge in [0.05, 0.1) is 0 Å². The first kappa shape index (κ1) is 11.2. The number of aryl methyl sites for hydroxylation is 1. The van der Waals surface area contributed by atoms with E-state index in [2.05, 4.69) is 28.9 Å². The highest BCUT2D eigenvalue weighted by atomic mass is 79.9. The van der Waals surface area contributed by atoms with E-state index in [1.807, 2.05) is 42.5 Å². The van der Waals surface area contributed by atoms with E-state index in [0.717, 1.165) is 16.8 Å². The summed E-state index contributed by atoms with van der Waals surface area (Å²) in [5, 5.41) is 0.845. The zero-order valence-corrected chi connectivity index (χ0v) is 10.7. The normalized spacial score (nSPS) is 10.1. The van der Waals surface area contributed by atoms with Gasteiger partial charge in [0.25, 0.3) is 0 Å². The van der Waals surface area contributed by atoms with Gasteiger partial charge in [0.15, 0.2) is 0 Å². The molecule has 82 valence electrons. The minimum Gasteiger partial charge on any atom is -0.457 e. The van der Waals surface area contributed by atoms with E-state index in [-0.39, 0.29) is 0 Å². The molecule has 0 fully saturated rings. The summed E-state index contributed by atoms with van der Waals surface area (Å²) in [6.45, 7) is 2.06. The van der Waals surface area contributed by atoms with Crippen molar-refractivity contribution in [3.05, 3.63) is 59.7 Å². The van der Waals surface area contributed by atoms with Crippen LogP contribution in [-0.4, -0.2) is 0 Å². The van der Waals surface area contributed by atoms with Gasteiger partial charge in [-0.2, -0.15) is 0 Å². The molecule has 0 atom stereocenters. The molecule has 0 spiro atoms. The van der Waals surface area contributed by atoms with Gasteiger partial charge in [0, 0.05) is 5.33 Å². The molecule has 0 amide bonds. The highest BCUT2D eigenvalue weighted by molar-refractivity contribution is 9.08. The fraction of sp³-hybridized carbons (Fsp3) is 0.143. The van der Waals surface area contributed by atoms with Crippen molar-refractivity contribution in [3.63, 3.8) is 0 Å². The lowest BCUT2D eigenvalue weighted by Gasteiger charge is -2.06. The van der Waals surface area contributed by atoms with E-state index in [9.17, 15) is 0 Å². The summed E-state index contributed by atoms with van der Waals surface area (Å²) in [5.41, 5.74) is 2.45. The van der Waals surface area contributed by atoms with Crippen LogP contribution in [0.25, 0.3) is 0 Å². The van der Waals surface area contributed by atoms with Gasteiger partial charge < -0.3 is 4.74 Å². The largest absolute Gasteiger partial charge is 0.457 e. The number of halogens is 1. The SMILES string of the molecule is Cc1ccc(Oc2cccc(CBr)c2)cc1. The van der Waals surface area contributed by atoms with Crippen LogP contribution in [0.1, 0.15) is 11.1 Å². The Morgan fingerprint density at radius 3 is 2.44 bits per heavy atom. The van der Waals surface area contributed by atoms with E-state index in [0.29, 0.717) is 0 Å². The second-order valence-corrected chi connectivity index (χ2v) is 4.26. The average molecular weight is 277 g/mol. The number of alkyl halides is 1. The first-order chi connectivity index (χ1) is 7.78. The van der Waals surface area contributed by atoms with Crippen LogP contribution >= 0.6 is 15.9 Å². The number of ether oxygens (including phenoxy) is 1. The van der Waals surface area contributed by atoms with E-state index in [1.165, 1.54) is 11.1 Å². The molecule has 0 unspecified atom stereocenters. The molecule has 0 aromatic heterocycles. The van der Waals surface area contributed by atoms with Crippen LogP contribution in [0.3, 0.4) is 0 Å². The number of hydrogen-bond donors (Lipinski definition) is 0. The molecule has 0 heterocycles. The predicted molar refractivity (Wildman–Crippen MR) is 70.3 cm³/mol. The third-order valence-corrected chi connectivity index (χ3v) is 2.96. The summed E-state index contributed by atoms with van der Waals surface area (Å²) < 4.78 is 5.76. The molecule has 2 aromatic carbocycles. The van der Waals surface area contributed by atoms with Crippen LogP contribution in [0.4, 0.5) is 0 Å². The Bertz CT molecular complexity index is 462. The summed E-state index contributed by atoms with van der Waals surface area (Å²) in [6, 6.07) is 16.1. The molecule has 2 rings (SSSR count). The summed E-state index contributed by atoms with van der Waals surface area (Å²) in [6.07, 6.45) is 0. The molecule has 0 saturated carbocycles. The molecule has 0 N–H and O–H groups in total. The zero-order valence-electron chi connectivity index (χ0n) is 9.11. The molecule has 0 aliphatic rings. The van der Waals surface area contributed by atoms with E-state index < -0.39 is 0 Å². The van der Waals surface area contributed by atoms with Gasteiger partial charge in [-0.25, -0.2) is 0 Å². The fourth-order valence-electron chi connectivity index (χ4n) is 1.43. The van der Waals surface area contributed by atoms with Crippen molar-refractivity contribution in [1.82, 2.24) is 0 Å². The number of benzene rings is 2. The Kier molecular flexibility index (Phi) is 3.62. The van der Waals surface area contributed by atoms with E-state index >= 15 is 0 Å². The summed E-state index contributed by atoms with van der Waals surface area (Å²) >= 11 is 3.43. The smallest absolute Gasteiger partial charge is 0.127 e. The Labute approximate surface area is 104 Å². The Morgan fingerprint density at radius 2 is 1.75 bits per heavy atom. The number of hydrogen-bond acceptors (Lipinski definition) is 1. The van der Waals surface area contributed by atoms with E-state index in [1.54, 1.807) is 0 Å². The highest BCUT2D eigenvalue weighted by Gasteiger charge is 1.98. The van der Waals surface area contributed by atoms with Gasteiger partial charge in [0.1, 0.15) is 11.5 Å². The molecule has 0 aliphatic heterocycles. The first-order valence-corrected chi connectivity index (χ1v) is 6.29. The van der Waals surface area contributed by atoms with E-state index in [4.69, 9.17) is 4.74 Å². The lowest BCUT2D eigenvalue weighted by atomic mass is 10.2. The molecule has 0 radical (unpaired) electrons. The van der Waals surface area contributed by atoms with Gasteiger partial charge in [-0.15, -0.1) is 0 Å². The van der Waals surface area contributed by atoms with Crippen LogP contribution in [-0.2, 0) is 5.33 Å². The molecule has 0 saturated heterocycles. The summed E-state index contributed by atoms with van der Waals surface area (Å²) in [7, 11) is 0. The Hall–Kier alpha value is -1.28. The molecule has 1 nitrogen and oxygen atoms in total. The van der Waals surface area contributed by atoms with Gasteiger partial charge in [0.2, 0.25) is 0 Å². The quantitative estimate of drug-likeness (QED) is 0.740. The van der Waals surface area contributed by atoms with Crippen LogP contribution in [0.5, 0.6) is 11.5 Å². The third-order valence-electron chi connectivity index (χ3n) is 2.31. The fourth-order valence-corrected chi connectivity index (χ4v) is 1.78. The first-order valence-electron chi connectivity index (χ1n) is 5.17. The molecule has 0 bridgehead atoms. The van der Waals surface area contributed by atoms with Gasteiger partial charge in [-0.05, 0) is 36.8 Å². The third kappa shape index (κ3) is 2.86. The van der Waals surface area contributed by atoms with Crippen molar-refractivity contribution in [3.8, 4) is 11.5 Å². The zero-order chi connectivity index (χ0) is 11.4. The average Bonchev–Trinajstić information content (AvgIpc) is 2.32. The second-order valence-electron chi connectivity index (χ2n) is 3.70. The second kappa shape index (κ2) is 5.17. The highest BCUT2D eigenvalue weighted by Crippen LogP contribution is 2.23. The Balaban J connectivity index is 2.16. The van der Waals surface area contributed by atoms with Crippen LogP contribution in [0.2, 0.25) is 0 Å².